The Morgan fingerprint density at radius 2 is 1.64 bits per heavy atom. The minimum Gasteiger partial charge on any atom is -0.321 e. The number of benzene rings is 3. The largest absolute Gasteiger partial charge is 0.321 e. The maximum atomic E-state index is 12.9. The summed E-state index contributed by atoms with van der Waals surface area (Å²) in [5.74, 6) is -0.328. The summed E-state index contributed by atoms with van der Waals surface area (Å²) in [6, 6.07) is 18.2. The van der Waals surface area contributed by atoms with Crippen molar-refractivity contribution in [3.63, 3.8) is 0 Å². The molecule has 5 nitrogen and oxygen atoms in total. The van der Waals surface area contributed by atoms with Gasteiger partial charge >= 0.3 is 0 Å². The number of fused-ring (bicyclic) bond motifs is 1. The Kier molecular flexibility index (Phi) is 5.82. The number of nitrogens with zero attached hydrogens (tertiary/aromatic N) is 1. The molecule has 0 aliphatic carbocycles. The van der Waals surface area contributed by atoms with Crippen molar-refractivity contribution < 1.29 is 13.2 Å². The Bertz CT molecular complexity index is 1110. The van der Waals surface area contributed by atoms with Crippen LogP contribution in [0.5, 0.6) is 0 Å². The predicted octanol–water partition coefficient (Wildman–Crippen LogP) is 4.43. The van der Waals surface area contributed by atoms with Crippen molar-refractivity contribution in [1.82, 2.24) is 4.31 Å². The van der Waals surface area contributed by atoms with Gasteiger partial charge in [0.15, 0.2) is 0 Å². The van der Waals surface area contributed by atoms with Crippen molar-refractivity contribution in [1.29, 1.82) is 0 Å². The van der Waals surface area contributed by atoms with Crippen LogP contribution in [0.25, 0.3) is 10.8 Å². The summed E-state index contributed by atoms with van der Waals surface area (Å²) < 4.78 is 27.0. The van der Waals surface area contributed by atoms with Crippen LogP contribution in [0.1, 0.15) is 29.8 Å². The third kappa shape index (κ3) is 3.79. The molecule has 0 heterocycles. The molecule has 1 amide bonds. The summed E-state index contributed by atoms with van der Waals surface area (Å²) in [6.45, 7) is 6.15. The molecule has 0 bridgehead atoms. The van der Waals surface area contributed by atoms with Crippen molar-refractivity contribution >= 4 is 32.4 Å². The van der Waals surface area contributed by atoms with Gasteiger partial charge in [-0.2, -0.15) is 4.31 Å². The normalized spacial score (nSPS) is 11.7. The second-order valence-corrected chi connectivity index (χ2v) is 8.48. The van der Waals surface area contributed by atoms with E-state index in [1.807, 2.05) is 42.5 Å². The molecule has 0 atom stereocenters. The number of hydrogen-bond donors (Lipinski definition) is 1. The van der Waals surface area contributed by atoms with Gasteiger partial charge in [0.05, 0.1) is 4.90 Å². The second kappa shape index (κ2) is 8.12. The van der Waals surface area contributed by atoms with Crippen LogP contribution in [-0.4, -0.2) is 31.7 Å². The summed E-state index contributed by atoms with van der Waals surface area (Å²) in [5.41, 5.74) is 1.76. The van der Waals surface area contributed by atoms with Gasteiger partial charge in [-0.15, -0.1) is 0 Å². The number of nitrogens with one attached hydrogen (secondary N) is 1. The van der Waals surface area contributed by atoms with E-state index in [2.05, 4.69) is 5.32 Å². The van der Waals surface area contributed by atoms with Crippen molar-refractivity contribution in [2.24, 2.45) is 0 Å². The Morgan fingerprint density at radius 3 is 2.36 bits per heavy atom. The topological polar surface area (TPSA) is 66.5 Å². The molecular formula is C22H24N2O3S. The number of carbonyl (C=O) groups excluding carboxylic acids is 1. The van der Waals surface area contributed by atoms with Crippen molar-refractivity contribution in [2.45, 2.75) is 25.7 Å². The molecule has 0 unspecified atom stereocenters. The molecule has 1 N–H and O–H groups in total. The van der Waals surface area contributed by atoms with Gasteiger partial charge in [-0.05, 0) is 36.1 Å². The van der Waals surface area contributed by atoms with Gasteiger partial charge in [0.25, 0.3) is 5.91 Å². The highest BCUT2D eigenvalue weighted by Crippen LogP contribution is 2.25. The van der Waals surface area contributed by atoms with E-state index in [4.69, 9.17) is 0 Å². The van der Waals surface area contributed by atoms with Crippen LogP contribution >= 0.6 is 0 Å². The lowest BCUT2D eigenvalue weighted by molar-refractivity contribution is 0.102. The minimum absolute atomic E-state index is 0.130. The average Bonchev–Trinajstić information content (AvgIpc) is 2.69. The first kappa shape index (κ1) is 20.0. The van der Waals surface area contributed by atoms with Gasteiger partial charge in [0, 0.05) is 29.7 Å². The fourth-order valence-electron chi connectivity index (χ4n) is 3.24. The average molecular weight is 397 g/mol. The van der Waals surface area contributed by atoms with Gasteiger partial charge in [0.1, 0.15) is 0 Å². The van der Waals surface area contributed by atoms with Gasteiger partial charge < -0.3 is 5.32 Å². The maximum absolute atomic E-state index is 12.9. The van der Waals surface area contributed by atoms with E-state index in [0.717, 1.165) is 16.3 Å². The third-order valence-electron chi connectivity index (χ3n) is 4.83. The highest BCUT2D eigenvalue weighted by molar-refractivity contribution is 7.89. The van der Waals surface area contributed by atoms with E-state index in [-0.39, 0.29) is 10.8 Å². The first-order chi connectivity index (χ1) is 13.4. The highest BCUT2D eigenvalue weighted by Gasteiger charge is 2.23. The molecule has 0 fully saturated rings. The maximum Gasteiger partial charge on any atom is 0.255 e. The fraction of sp³-hybridized carbons (Fsp3) is 0.227. The molecule has 0 aliphatic rings. The smallest absolute Gasteiger partial charge is 0.255 e. The Balaban J connectivity index is 1.98. The summed E-state index contributed by atoms with van der Waals surface area (Å²) in [4.78, 5) is 13.1. The molecule has 0 radical (unpaired) electrons. The molecule has 0 aliphatic heterocycles. The Hall–Kier alpha value is -2.70. The third-order valence-corrected chi connectivity index (χ3v) is 6.88. The molecule has 0 spiro atoms. The monoisotopic (exact) mass is 396 g/mol. The molecule has 0 aromatic heterocycles. The lowest BCUT2D eigenvalue weighted by Crippen LogP contribution is -2.30. The zero-order chi connectivity index (χ0) is 20.3. The quantitative estimate of drug-likeness (QED) is 0.670. The van der Waals surface area contributed by atoms with Gasteiger partial charge in [-0.25, -0.2) is 8.42 Å². The van der Waals surface area contributed by atoms with Crippen molar-refractivity contribution in [2.75, 3.05) is 18.4 Å². The number of amides is 1. The highest BCUT2D eigenvalue weighted by atomic mass is 32.2. The SMILES string of the molecule is CCN(CC)S(=O)(=O)c1ccc(C)c(C(=O)Nc2cccc3ccccc23)c1. The lowest BCUT2D eigenvalue weighted by atomic mass is 10.1. The van der Waals surface area contributed by atoms with Crippen LogP contribution in [0.4, 0.5) is 5.69 Å². The van der Waals surface area contributed by atoms with Crippen molar-refractivity contribution in [3.8, 4) is 0 Å². The number of rotatable bonds is 6. The Labute approximate surface area is 166 Å². The Morgan fingerprint density at radius 1 is 0.964 bits per heavy atom. The molecule has 3 aromatic carbocycles. The molecular weight excluding hydrogens is 372 g/mol. The van der Waals surface area contributed by atoms with E-state index >= 15 is 0 Å². The lowest BCUT2D eigenvalue weighted by Gasteiger charge is -2.19. The standard InChI is InChI=1S/C22H24N2O3S/c1-4-24(5-2)28(26,27)18-14-13-16(3)20(15-18)22(25)23-21-12-8-10-17-9-6-7-11-19(17)21/h6-15H,4-5H2,1-3H3,(H,23,25). The molecule has 3 aromatic rings. The number of carbonyl (C=O) groups is 1. The van der Waals surface area contributed by atoms with Crippen LogP contribution in [0.15, 0.2) is 65.6 Å². The second-order valence-electron chi connectivity index (χ2n) is 6.55. The molecule has 146 valence electrons. The van der Waals surface area contributed by atoms with E-state index in [1.165, 1.54) is 10.4 Å². The van der Waals surface area contributed by atoms with E-state index in [1.54, 1.807) is 32.9 Å². The number of aryl methyl sites for hydroxylation is 1. The summed E-state index contributed by atoms with van der Waals surface area (Å²) in [5, 5.41) is 4.89. The summed E-state index contributed by atoms with van der Waals surface area (Å²) >= 11 is 0. The van der Waals surface area contributed by atoms with Crippen LogP contribution < -0.4 is 5.32 Å². The van der Waals surface area contributed by atoms with Gasteiger partial charge in [0.2, 0.25) is 10.0 Å². The van der Waals surface area contributed by atoms with Crippen molar-refractivity contribution in [3.05, 3.63) is 71.8 Å². The first-order valence-electron chi connectivity index (χ1n) is 9.28. The van der Waals surface area contributed by atoms with Crippen LogP contribution in [0.3, 0.4) is 0 Å². The van der Waals surface area contributed by atoms with E-state index < -0.39 is 10.0 Å². The van der Waals surface area contributed by atoms with Crippen LogP contribution in [-0.2, 0) is 10.0 Å². The molecule has 6 heteroatoms. The molecule has 3 rings (SSSR count). The molecule has 0 saturated carbocycles. The van der Waals surface area contributed by atoms with E-state index in [0.29, 0.717) is 24.3 Å². The minimum atomic E-state index is -3.63. The zero-order valence-electron chi connectivity index (χ0n) is 16.3. The number of sulfonamides is 1. The molecule has 28 heavy (non-hydrogen) atoms. The van der Waals surface area contributed by atoms with Gasteiger partial charge in [-0.3, -0.25) is 4.79 Å². The summed E-state index contributed by atoms with van der Waals surface area (Å²) in [7, 11) is -3.63. The number of hydrogen-bond acceptors (Lipinski definition) is 3. The van der Waals surface area contributed by atoms with Gasteiger partial charge in [-0.1, -0.05) is 56.3 Å². The first-order valence-corrected chi connectivity index (χ1v) is 10.7. The summed E-state index contributed by atoms with van der Waals surface area (Å²) in [6.07, 6.45) is 0. The van der Waals surface area contributed by atoms with Crippen LogP contribution in [0, 0.1) is 6.92 Å². The van der Waals surface area contributed by atoms with E-state index in [9.17, 15) is 13.2 Å². The fourth-order valence-corrected chi connectivity index (χ4v) is 4.73. The van der Waals surface area contributed by atoms with Crippen LogP contribution in [0.2, 0.25) is 0 Å². The molecule has 0 saturated heterocycles. The number of anilines is 1. The predicted molar refractivity (Wildman–Crippen MR) is 113 cm³/mol. The zero-order valence-corrected chi connectivity index (χ0v) is 17.1.